The molecule has 0 aromatic heterocycles. The first-order valence-electron chi connectivity index (χ1n) is 8.37. The van der Waals surface area contributed by atoms with Gasteiger partial charge in [0.15, 0.2) is 0 Å². The molecule has 2 aromatic carbocycles. The van der Waals surface area contributed by atoms with Crippen LogP contribution in [-0.2, 0) is 11.3 Å². The van der Waals surface area contributed by atoms with Crippen LogP contribution < -0.4 is 10.2 Å². The number of para-hydroxylation sites is 1. The Morgan fingerprint density at radius 3 is 2.60 bits per heavy atom. The topological polar surface area (TPSA) is 49.4 Å². The summed E-state index contributed by atoms with van der Waals surface area (Å²) in [7, 11) is 1.70. The minimum atomic E-state index is -0.263. The van der Waals surface area contributed by atoms with Crippen molar-refractivity contribution in [2.45, 2.75) is 26.3 Å². The van der Waals surface area contributed by atoms with E-state index in [1.54, 1.807) is 49.2 Å². The summed E-state index contributed by atoms with van der Waals surface area (Å²) >= 11 is 0. The van der Waals surface area contributed by atoms with Gasteiger partial charge in [0.25, 0.3) is 5.91 Å². The predicted octanol–water partition coefficient (Wildman–Crippen LogP) is 3.44. The molecule has 0 atom stereocenters. The number of benzene rings is 2. The van der Waals surface area contributed by atoms with Gasteiger partial charge in [-0.3, -0.25) is 9.59 Å². The quantitative estimate of drug-likeness (QED) is 0.906. The average Bonchev–Trinajstić information content (AvgIpc) is 3.46. The minimum absolute atomic E-state index is 0.0504. The van der Waals surface area contributed by atoms with Gasteiger partial charge in [0.2, 0.25) is 5.91 Å². The number of hydrogen-bond donors (Lipinski definition) is 1. The van der Waals surface area contributed by atoms with Gasteiger partial charge in [-0.05, 0) is 49.1 Å². The van der Waals surface area contributed by atoms with Crippen LogP contribution >= 0.6 is 0 Å². The lowest BCUT2D eigenvalue weighted by Gasteiger charge is -2.20. The van der Waals surface area contributed by atoms with Crippen LogP contribution in [0.3, 0.4) is 0 Å². The number of rotatable bonds is 5. The smallest absolute Gasteiger partial charge is 0.253 e. The van der Waals surface area contributed by atoms with E-state index in [4.69, 9.17) is 0 Å². The molecule has 2 amide bonds. The van der Waals surface area contributed by atoms with E-state index < -0.39 is 0 Å². The molecular weight excluding hydrogens is 319 g/mol. The highest BCUT2D eigenvalue weighted by molar-refractivity contribution is 6.05. The molecule has 1 aliphatic rings. The molecule has 1 fully saturated rings. The predicted molar refractivity (Wildman–Crippen MR) is 94.9 cm³/mol. The summed E-state index contributed by atoms with van der Waals surface area (Å²) in [5, 5.41) is 2.84. The molecule has 130 valence electrons. The summed E-state index contributed by atoms with van der Waals surface area (Å²) < 4.78 is 13.3. The summed E-state index contributed by atoms with van der Waals surface area (Å²) in [6, 6.07) is 11.8. The van der Waals surface area contributed by atoms with Crippen molar-refractivity contribution in [3.8, 4) is 0 Å². The molecule has 0 radical (unpaired) electrons. The number of halogens is 1. The van der Waals surface area contributed by atoms with Gasteiger partial charge in [-0.2, -0.15) is 0 Å². The third-order valence-electron chi connectivity index (χ3n) is 4.44. The first-order chi connectivity index (χ1) is 12.0. The zero-order valence-corrected chi connectivity index (χ0v) is 14.4. The second kappa shape index (κ2) is 7.05. The first kappa shape index (κ1) is 17.1. The van der Waals surface area contributed by atoms with Crippen LogP contribution in [0.15, 0.2) is 42.5 Å². The molecule has 0 spiro atoms. The van der Waals surface area contributed by atoms with Gasteiger partial charge in [-0.25, -0.2) is 4.39 Å². The van der Waals surface area contributed by atoms with Crippen molar-refractivity contribution >= 4 is 17.5 Å². The zero-order chi connectivity index (χ0) is 18.0. The Morgan fingerprint density at radius 1 is 1.20 bits per heavy atom. The van der Waals surface area contributed by atoms with E-state index in [0.717, 1.165) is 18.4 Å². The maximum atomic E-state index is 13.3. The van der Waals surface area contributed by atoms with Crippen molar-refractivity contribution in [3.05, 3.63) is 65.0 Å². The second-order valence-electron chi connectivity index (χ2n) is 6.45. The van der Waals surface area contributed by atoms with Gasteiger partial charge in [0.05, 0.1) is 11.3 Å². The molecule has 3 rings (SSSR count). The summed E-state index contributed by atoms with van der Waals surface area (Å²) in [6.07, 6.45) is 1.84. The fraction of sp³-hybridized carbons (Fsp3) is 0.300. The molecule has 1 saturated carbocycles. The molecule has 0 bridgehead atoms. The fourth-order valence-corrected chi connectivity index (χ4v) is 2.78. The Morgan fingerprint density at radius 2 is 1.92 bits per heavy atom. The second-order valence-corrected chi connectivity index (χ2v) is 6.45. The zero-order valence-electron chi connectivity index (χ0n) is 14.4. The normalized spacial score (nSPS) is 13.4. The number of anilines is 1. The number of carbonyl (C=O) groups is 2. The summed E-state index contributed by atoms with van der Waals surface area (Å²) in [6.45, 7) is 1.99. The Bertz CT molecular complexity index is 815. The van der Waals surface area contributed by atoms with Crippen LogP contribution in [-0.4, -0.2) is 18.9 Å². The van der Waals surface area contributed by atoms with Gasteiger partial charge in [-0.15, -0.1) is 0 Å². The molecule has 2 aromatic rings. The third kappa shape index (κ3) is 3.87. The fourth-order valence-electron chi connectivity index (χ4n) is 2.78. The van der Waals surface area contributed by atoms with Crippen LogP contribution in [0.5, 0.6) is 0 Å². The number of nitrogens with zero attached hydrogens (tertiary/aromatic N) is 1. The molecule has 0 saturated heterocycles. The maximum Gasteiger partial charge on any atom is 0.253 e. The van der Waals surface area contributed by atoms with E-state index in [9.17, 15) is 14.0 Å². The van der Waals surface area contributed by atoms with Crippen molar-refractivity contribution in [3.63, 3.8) is 0 Å². The molecule has 0 aliphatic heterocycles. The summed E-state index contributed by atoms with van der Waals surface area (Å²) in [4.78, 5) is 26.4. The molecule has 1 N–H and O–H groups in total. The highest BCUT2D eigenvalue weighted by Crippen LogP contribution is 2.33. The number of hydrogen-bond acceptors (Lipinski definition) is 2. The third-order valence-corrected chi connectivity index (χ3v) is 4.44. The number of carbonyl (C=O) groups excluding carboxylic acids is 2. The maximum absolute atomic E-state index is 13.3. The van der Waals surface area contributed by atoms with Crippen LogP contribution in [0.1, 0.15) is 34.3 Å². The molecule has 0 unspecified atom stereocenters. The van der Waals surface area contributed by atoms with E-state index in [-0.39, 0.29) is 23.5 Å². The number of aryl methyl sites for hydroxylation is 1. The summed E-state index contributed by atoms with van der Waals surface area (Å²) in [5.41, 5.74) is 2.43. The standard InChI is InChI=1S/C20H21FN2O2/c1-13-11-14(7-10-17(13)21)12-22-19(24)16-5-3-4-6-18(16)23(2)20(25)15-8-9-15/h3-7,10-11,15H,8-9,12H2,1-2H3,(H,22,24). The van der Waals surface area contributed by atoms with Gasteiger partial charge in [0.1, 0.15) is 5.82 Å². The minimum Gasteiger partial charge on any atom is -0.348 e. The highest BCUT2D eigenvalue weighted by Gasteiger charge is 2.33. The molecule has 0 heterocycles. The lowest BCUT2D eigenvalue weighted by atomic mass is 10.1. The van der Waals surface area contributed by atoms with Gasteiger partial charge < -0.3 is 10.2 Å². The van der Waals surface area contributed by atoms with E-state index >= 15 is 0 Å². The lowest BCUT2D eigenvalue weighted by molar-refractivity contribution is -0.119. The van der Waals surface area contributed by atoms with Crippen LogP contribution in [0.4, 0.5) is 10.1 Å². The van der Waals surface area contributed by atoms with Crippen molar-refractivity contribution in [1.29, 1.82) is 0 Å². The SMILES string of the molecule is Cc1cc(CNC(=O)c2ccccc2N(C)C(=O)C2CC2)ccc1F. The van der Waals surface area contributed by atoms with Gasteiger partial charge in [0, 0.05) is 19.5 Å². The molecular formula is C20H21FN2O2. The Labute approximate surface area is 146 Å². The Hall–Kier alpha value is -2.69. The van der Waals surface area contributed by atoms with Crippen LogP contribution in [0, 0.1) is 18.7 Å². The van der Waals surface area contributed by atoms with Crippen LogP contribution in [0.25, 0.3) is 0 Å². The molecule has 5 heteroatoms. The highest BCUT2D eigenvalue weighted by atomic mass is 19.1. The molecule has 1 aliphatic carbocycles. The van der Waals surface area contributed by atoms with Crippen LogP contribution in [0.2, 0.25) is 0 Å². The van der Waals surface area contributed by atoms with Crippen molar-refractivity contribution in [2.24, 2.45) is 5.92 Å². The average molecular weight is 340 g/mol. The molecule has 4 nitrogen and oxygen atoms in total. The van der Waals surface area contributed by atoms with E-state index in [2.05, 4.69) is 5.32 Å². The van der Waals surface area contributed by atoms with E-state index in [1.165, 1.54) is 6.07 Å². The lowest BCUT2D eigenvalue weighted by Crippen LogP contribution is -2.31. The Balaban J connectivity index is 1.73. The van der Waals surface area contributed by atoms with Crippen molar-refractivity contribution < 1.29 is 14.0 Å². The monoisotopic (exact) mass is 340 g/mol. The van der Waals surface area contributed by atoms with E-state index in [0.29, 0.717) is 23.4 Å². The van der Waals surface area contributed by atoms with E-state index in [1.807, 2.05) is 6.07 Å². The van der Waals surface area contributed by atoms with Gasteiger partial charge >= 0.3 is 0 Å². The van der Waals surface area contributed by atoms with Crippen molar-refractivity contribution in [1.82, 2.24) is 5.32 Å². The Kier molecular flexibility index (Phi) is 4.83. The number of amides is 2. The molecule has 25 heavy (non-hydrogen) atoms. The first-order valence-corrected chi connectivity index (χ1v) is 8.37. The van der Waals surface area contributed by atoms with Crippen molar-refractivity contribution in [2.75, 3.05) is 11.9 Å². The number of nitrogens with one attached hydrogen (secondary N) is 1. The van der Waals surface area contributed by atoms with Gasteiger partial charge in [-0.1, -0.05) is 24.3 Å². The summed E-state index contributed by atoms with van der Waals surface area (Å²) in [5.74, 6) is -0.383. The largest absolute Gasteiger partial charge is 0.348 e.